The van der Waals surface area contributed by atoms with E-state index < -0.39 is 0 Å². The molecule has 0 saturated heterocycles. The highest BCUT2D eigenvalue weighted by Gasteiger charge is 1.99. The van der Waals surface area contributed by atoms with E-state index in [4.69, 9.17) is 5.84 Å². The van der Waals surface area contributed by atoms with Crippen LogP contribution in [0.4, 0.5) is 5.82 Å². The maximum atomic E-state index is 5.31. The zero-order valence-electron chi connectivity index (χ0n) is 8.97. The van der Waals surface area contributed by atoms with E-state index in [9.17, 15) is 0 Å². The van der Waals surface area contributed by atoms with Crippen molar-refractivity contribution < 1.29 is 0 Å². The Balaban J connectivity index is 2.16. The highest BCUT2D eigenvalue weighted by Crippen LogP contribution is 2.26. The number of hydrazine groups is 1. The van der Waals surface area contributed by atoms with Gasteiger partial charge in [-0.1, -0.05) is 35.5 Å². The number of aryl methyl sites for hydroxylation is 1. The van der Waals surface area contributed by atoms with Crippen LogP contribution in [-0.2, 0) is 0 Å². The Hall–Kier alpha value is -1.52. The topological polar surface area (TPSA) is 50.9 Å². The summed E-state index contributed by atoms with van der Waals surface area (Å²) in [5.74, 6) is 5.99. The lowest BCUT2D eigenvalue weighted by Gasteiger charge is -2.03. The van der Waals surface area contributed by atoms with Crippen LogP contribution in [0, 0.1) is 6.92 Å². The Morgan fingerprint density at radius 3 is 2.56 bits per heavy atom. The van der Waals surface area contributed by atoms with Crippen molar-refractivity contribution in [2.24, 2.45) is 5.84 Å². The van der Waals surface area contributed by atoms with Gasteiger partial charge in [-0.25, -0.2) is 10.8 Å². The van der Waals surface area contributed by atoms with Gasteiger partial charge in [-0.3, -0.25) is 0 Å². The SMILES string of the molecule is Cc1ccc(Sc2cccc(NN)n2)cc1. The van der Waals surface area contributed by atoms with Crippen LogP contribution >= 0.6 is 11.8 Å². The summed E-state index contributed by atoms with van der Waals surface area (Å²) in [6.07, 6.45) is 0. The molecule has 3 nitrogen and oxygen atoms in total. The van der Waals surface area contributed by atoms with Crippen LogP contribution < -0.4 is 11.3 Å². The molecule has 0 unspecified atom stereocenters. The van der Waals surface area contributed by atoms with Crippen LogP contribution in [0.3, 0.4) is 0 Å². The molecule has 4 heteroatoms. The summed E-state index contributed by atoms with van der Waals surface area (Å²) in [5.41, 5.74) is 3.80. The number of anilines is 1. The largest absolute Gasteiger partial charge is 0.308 e. The van der Waals surface area contributed by atoms with E-state index in [1.807, 2.05) is 18.2 Å². The number of nitrogens with two attached hydrogens (primary N) is 1. The summed E-state index contributed by atoms with van der Waals surface area (Å²) >= 11 is 1.62. The Kier molecular flexibility index (Phi) is 3.44. The number of pyridine rings is 1. The molecule has 0 bridgehead atoms. The number of nitrogens with one attached hydrogen (secondary N) is 1. The molecule has 0 fully saturated rings. The van der Waals surface area contributed by atoms with Crippen molar-refractivity contribution in [2.75, 3.05) is 5.43 Å². The molecule has 1 aromatic carbocycles. The lowest BCUT2D eigenvalue weighted by Crippen LogP contribution is -2.08. The van der Waals surface area contributed by atoms with Crippen LogP contribution in [0.1, 0.15) is 5.56 Å². The molecule has 0 aliphatic heterocycles. The predicted octanol–water partition coefficient (Wildman–Crippen LogP) is 2.83. The highest BCUT2D eigenvalue weighted by atomic mass is 32.2. The first-order valence-electron chi connectivity index (χ1n) is 4.96. The van der Waals surface area contributed by atoms with Crippen molar-refractivity contribution in [2.45, 2.75) is 16.8 Å². The van der Waals surface area contributed by atoms with E-state index >= 15 is 0 Å². The smallest absolute Gasteiger partial charge is 0.141 e. The fourth-order valence-electron chi connectivity index (χ4n) is 1.28. The lowest BCUT2D eigenvalue weighted by atomic mass is 10.2. The minimum atomic E-state index is 0.678. The second kappa shape index (κ2) is 5.01. The summed E-state index contributed by atoms with van der Waals surface area (Å²) in [4.78, 5) is 5.51. The van der Waals surface area contributed by atoms with Gasteiger partial charge in [-0.2, -0.15) is 0 Å². The van der Waals surface area contributed by atoms with Crippen molar-refractivity contribution in [3.8, 4) is 0 Å². The van der Waals surface area contributed by atoms with Crippen molar-refractivity contribution in [3.05, 3.63) is 48.0 Å². The number of hydrogen-bond acceptors (Lipinski definition) is 4. The number of hydrogen-bond donors (Lipinski definition) is 2. The summed E-state index contributed by atoms with van der Waals surface area (Å²) in [6, 6.07) is 14.1. The fourth-order valence-corrected chi connectivity index (χ4v) is 2.08. The molecule has 0 saturated carbocycles. The molecule has 0 aliphatic carbocycles. The summed E-state index contributed by atoms with van der Waals surface area (Å²) in [5, 5.41) is 0.930. The van der Waals surface area contributed by atoms with Gasteiger partial charge in [0.1, 0.15) is 10.8 Å². The minimum Gasteiger partial charge on any atom is -0.308 e. The first-order valence-corrected chi connectivity index (χ1v) is 5.78. The molecule has 2 aromatic rings. The normalized spacial score (nSPS) is 10.1. The zero-order chi connectivity index (χ0) is 11.4. The Labute approximate surface area is 99.1 Å². The quantitative estimate of drug-likeness (QED) is 0.630. The van der Waals surface area contributed by atoms with E-state index in [1.165, 1.54) is 10.5 Å². The summed E-state index contributed by atoms with van der Waals surface area (Å²) < 4.78 is 0. The molecule has 0 spiro atoms. The first-order chi connectivity index (χ1) is 7.78. The molecular weight excluding hydrogens is 218 g/mol. The van der Waals surface area contributed by atoms with E-state index in [2.05, 4.69) is 41.6 Å². The van der Waals surface area contributed by atoms with Gasteiger partial charge in [0.05, 0.1) is 0 Å². The summed E-state index contributed by atoms with van der Waals surface area (Å²) in [7, 11) is 0. The Morgan fingerprint density at radius 2 is 1.88 bits per heavy atom. The van der Waals surface area contributed by atoms with Crippen molar-refractivity contribution in [1.29, 1.82) is 0 Å². The second-order valence-electron chi connectivity index (χ2n) is 3.42. The maximum absolute atomic E-state index is 5.31. The van der Waals surface area contributed by atoms with E-state index in [1.54, 1.807) is 11.8 Å². The average molecular weight is 231 g/mol. The van der Waals surface area contributed by atoms with Gasteiger partial charge >= 0.3 is 0 Å². The zero-order valence-corrected chi connectivity index (χ0v) is 9.79. The molecule has 0 radical (unpaired) electrons. The molecule has 1 heterocycles. The Morgan fingerprint density at radius 1 is 1.12 bits per heavy atom. The number of aromatic nitrogens is 1. The van der Waals surface area contributed by atoms with Gasteiger partial charge in [-0.05, 0) is 31.2 Å². The monoisotopic (exact) mass is 231 g/mol. The second-order valence-corrected chi connectivity index (χ2v) is 4.51. The lowest BCUT2D eigenvalue weighted by molar-refractivity contribution is 1.11. The molecule has 2 rings (SSSR count). The van der Waals surface area contributed by atoms with E-state index in [-0.39, 0.29) is 0 Å². The molecule has 0 aliphatic rings. The third-order valence-electron chi connectivity index (χ3n) is 2.11. The van der Waals surface area contributed by atoms with Crippen LogP contribution in [-0.4, -0.2) is 4.98 Å². The van der Waals surface area contributed by atoms with Gasteiger partial charge in [-0.15, -0.1) is 0 Å². The molecule has 0 amide bonds. The third-order valence-corrected chi connectivity index (χ3v) is 3.06. The first kappa shape index (κ1) is 11.0. The minimum absolute atomic E-state index is 0.678. The van der Waals surface area contributed by atoms with Crippen molar-refractivity contribution in [3.63, 3.8) is 0 Å². The summed E-state index contributed by atoms with van der Waals surface area (Å²) in [6.45, 7) is 2.08. The highest BCUT2D eigenvalue weighted by molar-refractivity contribution is 7.99. The van der Waals surface area contributed by atoms with Gasteiger partial charge in [0.25, 0.3) is 0 Å². The molecule has 3 N–H and O–H groups in total. The van der Waals surface area contributed by atoms with E-state index in [0.29, 0.717) is 5.82 Å². The molecular formula is C12H13N3S. The number of benzene rings is 1. The third kappa shape index (κ3) is 2.74. The predicted molar refractivity (Wildman–Crippen MR) is 67.3 cm³/mol. The van der Waals surface area contributed by atoms with Crippen LogP contribution in [0.5, 0.6) is 0 Å². The van der Waals surface area contributed by atoms with Gasteiger partial charge in [0.2, 0.25) is 0 Å². The van der Waals surface area contributed by atoms with Gasteiger partial charge in [0.15, 0.2) is 0 Å². The van der Waals surface area contributed by atoms with E-state index in [0.717, 1.165) is 5.03 Å². The standard InChI is InChI=1S/C12H13N3S/c1-9-5-7-10(8-6-9)16-12-4-2-3-11(14-12)15-13/h2-8H,13H2,1H3,(H,14,15). The molecule has 82 valence electrons. The maximum Gasteiger partial charge on any atom is 0.141 e. The molecule has 1 aromatic heterocycles. The molecule has 16 heavy (non-hydrogen) atoms. The number of rotatable bonds is 3. The number of nitrogen functional groups attached to an aromatic ring is 1. The van der Waals surface area contributed by atoms with Gasteiger partial charge in [0, 0.05) is 4.90 Å². The van der Waals surface area contributed by atoms with Crippen LogP contribution in [0.2, 0.25) is 0 Å². The van der Waals surface area contributed by atoms with Crippen LogP contribution in [0.25, 0.3) is 0 Å². The molecule has 0 atom stereocenters. The average Bonchev–Trinajstić information content (AvgIpc) is 2.32. The number of nitrogens with zero attached hydrogens (tertiary/aromatic N) is 1. The van der Waals surface area contributed by atoms with Crippen molar-refractivity contribution in [1.82, 2.24) is 4.98 Å². The van der Waals surface area contributed by atoms with Gasteiger partial charge < -0.3 is 5.43 Å². The Bertz CT molecular complexity index is 468. The van der Waals surface area contributed by atoms with Crippen LogP contribution in [0.15, 0.2) is 52.4 Å². The fraction of sp³-hybridized carbons (Fsp3) is 0.0833. The van der Waals surface area contributed by atoms with Crippen molar-refractivity contribution >= 4 is 17.6 Å².